The second-order valence-corrected chi connectivity index (χ2v) is 6.78. The van der Waals surface area contributed by atoms with Crippen molar-refractivity contribution in [3.63, 3.8) is 0 Å². The lowest BCUT2D eigenvalue weighted by molar-refractivity contribution is -0.140. The van der Waals surface area contributed by atoms with Crippen molar-refractivity contribution in [2.24, 2.45) is 0 Å². The fourth-order valence-electron chi connectivity index (χ4n) is 3.48. The topological polar surface area (TPSA) is 96.3 Å². The minimum Gasteiger partial charge on any atom is -0.507 e. The van der Waals surface area contributed by atoms with E-state index in [4.69, 9.17) is 9.47 Å². The van der Waals surface area contributed by atoms with Gasteiger partial charge in [0.05, 0.1) is 18.7 Å². The largest absolute Gasteiger partial charge is 0.507 e. The number of amides is 1. The number of hydrogen-bond acceptors (Lipinski definition) is 6. The zero-order valence-corrected chi connectivity index (χ0v) is 16.6. The molecule has 7 nitrogen and oxygen atoms in total. The number of Topliss-reactive ketones (excluding diaryl/α,β-unsaturated/α-hetero) is 1. The van der Waals surface area contributed by atoms with Crippen LogP contribution in [0.2, 0.25) is 0 Å². The highest BCUT2D eigenvalue weighted by Crippen LogP contribution is 2.41. The standard InChI is InChI=1S/C22H22FNO6/c1-29-11-3-10-24-19(14-6-9-17(30-2)16(25)12-14)18(21(27)22(24)28)20(26)13-4-7-15(23)8-5-13/h4-9,12,19,25-26H,3,10-11H2,1-2H3/b20-18-. The number of likely N-dealkylation sites (tertiary alicyclic amines) is 1. The van der Waals surface area contributed by atoms with E-state index in [0.29, 0.717) is 18.6 Å². The van der Waals surface area contributed by atoms with Crippen molar-refractivity contribution >= 4 is 17.4 Å². The van der Waals surface area contributed by atoms with E-state index in [1.54, 1.807) is 6.07 Å². The number of aromatic hydroxyl groups is 1. The maximum atomic E-state index is 13.3. The molecular weight excluding hydrogens is 393 g/mol. The fraction of sp³-hybridized carbons (Fsp3) is 0.273. The molecule has 0 spiro atoms. The van der Waals surface area contributed by atoms with E-state index in [0.717, 1.165) is 12.1 Å². The van der Waals surface area contributed by atoms with Crippen LogP contribution in [-0.4, -0.2) is 54.2 Å². The smallest absolute Gasteiger partial charge is 0.295 e. The molecule has 1 unspecified atom stereocenters. The minimum absolute atomic E-state index is 0.131. The molecule has 158 valence electrons. The van der Waals surface area contributed by atoms with E-state index < -0.39 is 29.3 Å². The number of rotatable bonds is 7. The number of carbonyl (C=O) groups excluding carboxylic acids is 2. The number of benzene rings is 2. The van der Waals surface area contributed by atoms with E-state index >= 15 is 0 Å². The number of nitrogens with zero attached hydrogens (tertiary/aromatic N) is 1. The molecule has 8 heteroatoms. The summed E-state index contributed by atoms with van der Waals surface area (Å²) in [5, 5.41) is 21.0. The molecule has 1 aliphatic rings. The first kappa shape index (κ1) is 21.3. The number of hydrogen-bond donors (Lipinski definition) is 2. The first-order valence-electron chi connectivity index (χ1n) is 9.29. The Morgan fingerprint density at radius 3 is 2.43 bits per heavy atom. The number of ketones is 1. The Kier molecular flexibility index (Phi) is 6.37. The molecule has 0 aromatic heterocycles. The van der Waals surface area contributed by atoms with Crippen LogP contribution in [0.15, 0.2) is 48.0 Å². The molecule has 0 radical (unpaired) electrons. The molecule has 2 aromatic rings. The number of phenols is 1. The molecule has 0 aliphatic carbocycles. The normalized spacial score (nSPS) is 18.1. The summed E-state index contributed by atoms with van der Waals surface area (Å²) < 4.78 is 23.4. The lowest BCUT2D eigenvalue weighted by Crippen LogP contribution is -2.31. The molecule has 1 fully saturated rings. The zero-order valence-electron chi connectivity index (χ0n) is 16.6. The summed E-state index contributed by atoms with van der Waals surface area (Å²) >= 11 is 0. The maximum Gasteiger partial charge on any atom is 0.295 e. The van der Waals surface area contributed by atoms with E-state index in [2.05, 4.69) is 0 Å². The summed E-state index contributed by atoms with van der Waals surface area (Å²) in [6, 6.07) is 8.53. The fourth-order valence-corrected chi connectivity index (χ4v) is 3.48. The van der Waals surface area contributed by atoms with Gasteiger partial charge in [0.25, 0.3) is 11.7 Å². The molecule has 2 aromatic carbocycles. The first-order chi connectivity index (χ1) is 14.4. The lowest BCUT2D eigenvalue weighted by Gasteiger charge is -2.25. The van der Waals surface area contributed by atoms with Crippen molar-refractivity contribution in [1.82, 2.24) is 4.90 Å². The van der Waals surface area contributed by atoms with E-state index in [1.165, 1.54) is 43.4 Å². The van der Waals surface area contributed by atoms with E-state index in [1.807, 2.05) is 0 Å². The zero-order chi connectivity index (χ0) is 21.8. The van der Waals surface area contributed by atoms with Gasteiger partial charge in [-0.1, -0.05) is 6.07 Å². The summed E-state index contributed by atoms with van der Waals surface area (Å²) in [5.41, 5.74) is 0.496. The molecule has 1 amide bonds. The molecule has 1 atom stereocenters. The van der Waals surface area contributed by atoms with Crippen molar-refractivity contribution in [3.05, 3.63) is 65.0 Å². The third-order valence-electron chi connectivity index (χ3n) is 4.92. The molecule has 1 aliphatic heterocycles. The van der Waals surface area contributed by atoms with Crippen molar-refractivity contribution in [3.8, 4) is 11.5 Å². The van der Waals surface area contributed by atoms with Gasteiger partial charge in [-0.3, -0.25) is 9.59 Å². The van der Waals surface area contributed by atoms with Crippen molar-refractivity contribution in [2.45, 2.75) is 12.5 Å². The Labute approximate surface area is 173 Å². The highest BCUT2D eigenvalue weighted by atomic mass is 19.1. The molecule has 0 bridgehead atoms. The van der Waals surface area contributed by atoms with Crippen molar-refractivity contribution in [2.75, 3.05) is 27.4 Å². The second kappa shape index (κ2) is 8.96. The molecule has 0 saturated carbocycles. The highest BCUT2D eigenvalue weighted by Gasteiger charge is 2.46. The molecule has 3 rings (SSSR count). The number of carbonyl (C=O) groups is 2. The van der Waals surface area contributed by atoms with Crippen LogP contribution in [-0.2, 0) is 14.3 Å². The van der Waals surface area contributed by atoms with Crippen molar-refractivity contribution < 1.29 is 33.7 Å². The Morgan fingerprint density at radius 2 is 1.83 bits per heavy atom. The van der Waals surface area contributed by atoms with Gasteiger partial charge in [0.1, 0.15) is 11.6 Å². The molecular formula is C22H22FNO6. The average Bonchev–Trinajstić information content (AvgIpc) is 2.99. The van der Waals surface area contributed by atoms with Gasteiger partial charge in [0.15, 0.2) is 11.5 Å². The van der Waals surface area contributed by atoms with E-state index in [9.17, 15) is 24.2 Å². The average molecular weight is 415 g/mol. The maximum absolute atomic E-state index is 13.3. The lowest BCUT2D eigenvalue weighted by atomic mass is 9.95. The van der Waals surface area contributed by atoms with Gasteiger partial charge in [-0.25, -0.2) is 4.39 Å². The minimum atomic E-state index is -0.927. The molecule has 30 heavy (non-hydrogen) atoms. The van der Waals surface area contributed by atoms with Gasteiger partial charge in [0, 0.05) is 25.8 Å². The van der Waals surface area contributed by atoms with Gasteiger partial charge in [-0.05, 0) is 48.4 Å². The third-order valence-corrected chi connectivity index (χ3v) is 4.92. The Bertz CT molecular complexity index is 986. The number of phenolic OH excluding ortho intramolecular Hbond substituents is 1. The van der Waals surface area contributed by atoms with Crippen LogP contribution in [0.4, 0.5) is 4.39 Å². The molecule has 2 N–H and O–H groups in total. The third kappa shape index (κ3) is 3.99. The van der Waals surface area contributed by atoms with E-state index in [-0.39, 0.29) is 29.2 Å². The quantitative estimate of drug-likeness (QED) is 0.312. The van der Waals surface area contributed by atoms with Crippen molar-refractivity contribution in [1.29, 1.82) is 0 Å². The van der Waals surface area contributed by atoms with Crippen LogP contribution >= 0.6 is 0 Å². The number of methoxy groups -OCH3 is 2. The van der Waals surface area contributed by atoms with Crippen LogP contribution in [0, 0.1) is 5.82 Å². The van der Waals surface area contributed by atoms with Crippen LogP contribution < -0.4 is 4.74 Å². The highest BCUT2D eigenvalue weighted by molar-refractivity contribution is 6.46. The Hall–Kier alpha value is -3.39. The van der Waals surface area contributed by atoms with Gasteiger partial charge in [0.2, 0.25) is 0 Å². The molecule has 1 heterocycles. The monoisotopic (exact) mass is 415 g/mol. The predicted octanol–water partition coefficient (Wildman–Crippen LogP) is 3.00. The predicted molar refractivity (Wildman–Crippen MR) is 107 cm³/mol. The van der Waals surface area contributed by atoms with Gasteiger partial charge >= 0.3 is 0 Å². The summed E-state index contributed by atoms with van der Waals surface area (Å²) in [6.07, 6.45) is 0.471. The summed E-state index contributed by atoms with van der Waals surface area (Å²) in [4.78, 5) is 26.9. The number of halogens is 1. The van der Waals surface area contributed by atoms with Gasteiger partial charge in [-0.2, -0.15) is 0 Å². The second-order valence-electron chi connectivity index (χ2n) is 6.78. The van der Waals surface area contributed by atoms with Crippen LogP contribution in [0.25, 0.3) is 5.76 Å². The molecule has 1 saturated heterocycles. The van der Waals surface area contributed by atoms with Gasteiger partial charge in [-0.15, -0.1) is 0 Å². The Morgan fingerprint density at radius 1 is 1.13 bits per heavy atom. The van der Waals surface area contributed by atoms with Gasteiger partial charge < -0.3 is 24.6 Å². The summed E-state index contributed by atoms with van der Waals surface area (Å²) in [7, 11) is 2.93. The first-order valence-corrected chi connectivity index (χ1v) is 9.29. The van der Waals surface area contributed by atoms with Crippen LogP contribution in [0.5, 0.6) is 11.5 Å². The number of aliphatic hydroxyl groups excluding tert-OH is 1. The summed E-state index contributed by atoms with van der Waals surface area (Å²) in [6.45, 7) is 0.581. The number of aliphatic hydroxyl groups is 1. The number of ether oxygens (including phenoxy) is 2. The van der Waals surface area contributed by atoms with Crippen LogP contribution in [0.1, 0.15) is 23.6 Å². The Balaban J connectivity index is 2.13. The van der Waals surface area contributed by atoms with Crippen LogP contribution in [0.3, 0.4) is 0 Å². The SMILES string of the molecule is COCCCN1C(=O)C(=O)/C(=C(\O)c2ccc(F)cc2)C1c1ccc(OC)c(O)c1. The summed E-state index contributed by atoms with van der Waals surface area (Å²) in [5.74, 6) is -2.47.